The molecule has 0 radical (unpaired) electrons. The summed E-state index contributed by atoms with van der Waals surface area (Å²) in [7, 11) is 0. The van der Waals surface area contributed by atoms with Crippen molar-refractivity contribution < 1.29 is 19.1 Å². The van der Waals surface area contributed by atoms with E-state index < -0.39 is 23.0 Å². The van der Waals surface area contributed by atoms with Gasteiger partial charge in [0.1, 0.15) is 21.9 Å². The fourth-order valence-corrected chi connectivity index (χ4v) is 5.16. The Kier molecular flexibility index (Phi) is 7.02. The van der Waals surface area contributed by atoms with Crippen molar-refractivity contribution in [1.29, 1.82) is 0 Å². The van der Waals surface area contributed by atoms with Crippen LogP contribution in [0.5, 0.6) is 0 Å². The fourth-order valence-electron chi connectivity index (χ4n) is 4.06. The molecule has 1 aliphatic heterocycles. The number of anilines is 1. The van der Waals surface area contributed by atoms with Gasteiger partial charge >= 0.3 is 6.09 Å². The van der Waals surface area contributed by atoms with E-state index in [1.165, 1.54) is 4.90 Å². The summed E-state index contributed by atoms with van der Waals surface area (Å²) >= 11 is 5.04. The van der Waals surface area contributed by atoms with Crippen LogP contribution >= 0.6 is 27.3 Å². The van der Waals surface area contributed by atoms with Crippen LogP contribution in [0, 0.1) is 0 Å². The highest BCUT2D eigenvalue weighted by Gasteiger charge is 2.57. The van der Waals surface area contributed by atoms with Gasteiger partial charge in [0, 0.05) is 26.7 Å². The molecule has 7 nitrogen and oxygen atoms in total. The van der Waals surface area contributed by atoms with Crippen LogP contribution in [0.2, 0.25) is 0 Å². The summed E-state index contributed by atoms with van der Waals surface area (Å²) in [6, 6.07) is 15.5. The van der Waals surface area contributed by atoms with Crippen molar-refractivity contribution in [2.45, 2.75) is 58.4 Å². The highest BCUT2D eigenvalue weighted by Crippen LogP contribution is 2.37. The van der Waals surface area contributed by atoms with Gasteiger partial charge < -0.3 is 14.8 Å². The summed E-state index contributed by atoms with van der Waals surface area (Å²) in [5.41, 5.74) is 0.555. The second-order valence-electron chi connectivity index (χ2n) is 10.4. The van der Waals surface area contributed by atoms with Crippen LogP contribution in [-0.4, -0.2) is 45.4 Å². The Labute approximate surface area is 224 Å². The Hall–Kier alpha value is -2.75. The van der Waals surface area contributed by atoms with Crippen molar-refractivity contribution in [2.75, 3.05) is 11.9 Å². The molecule has 36 heavy (non-hydrogen) atoms. The van der Waals surface area contributed by atoms with Crippen molar-refractivity contribution in [3.8, 4) is 21.8 Å². The number of rotatable bonds is 4. The van der Waals surface area contributed by atoms with Crippen molar-refractivity contribution in [2.24, 2.45) is 0 Å². The third-order valence-corrected chi connectivity index (χ3v) is 7.26. The first-order chi connectivity index (χ1) is 16.8. The lowest BCUT2D eigenvalue weighted by molar-refractivity contribution is -0.127. The van der Waals surface area contributed by atoms with Crippen molar-refractivity contribution >= 4 is 45.0 Å². The monoisotopic (exact) mass is 571 g/mol. The van der Waals surface area contributed by atoms with Crippen molar-refractivity contribution in [1.82, 2.24) is 9.88 Å². The zero-order valence-corrected chi connectivity index (χ0v) is 23.6. The molecule has 2 heterocycles. The minimum atomic E-state index is -1.24. The average molecular weight is 573 g/mol. The second kappa shape index (κ2) is 9.61. The van der Waals surface area contributed by atoms with E-state index in [1.54, 1.807) is 52.9 Å². The molecule has 0 aliphatic carbocycles. The minimum Gasteiger partial charge on any atom is -0.444 e. The van der Waals surface area contributed by atoms with Gasteiger partial charge in [-0.15, -0.1) is 11.3 Å². The topological polar surface area (TPSA) is 80.8 Å². The number of thiazole rings is 1. The van der Waals surface area contributed by atoms with Gasteiger partial charge in [0.15, 0.2) is 0 Å². The molecule has 1 aromatic heterocycles. The number of carbonyl (C=O) groups is 2. The number of carbonyl (C=O) groups excluding carboxylic acids is 2. The normalized spacial score (nSPS) is 19.2. The Bertz CT molecular complexity index is 1270. The molecular formula is C27H30BrN3O4S. The van der Waals surface area contributed by atoms with Gasteiger partial charge in [0.05, 0.1) is 12.3 Å². The van der Waals surface area contributed by atoms with E-state index in [1.807, 2.05) is 53.9 Å². The SMILES string of the molecule is CC(C)(C)OC(=O)N1C(C)(C)OCC1(C)C(=O)Nc1ccc(-c2csc(-c3ccc(Br)cc3)n2)cc1. The summed E-state index contributed by atoms with van der Waals surface area (Å²) < 4.78 is 12.4. The molecule has 1 fully saturated rings. The molecule has 0 spiro atoms. The molecule has 1 N–H and O–H groups in total. The summed E-state index contributed by atoms with van der Waals surface area (Å²) in [5.74, 6) is -0.349. The van der Waals surface area contributed by atoms with Crippen LogP contribution in [0.25, 0.3) is 21.8 Å². The fraction of sp³-hybridized carbons (Fsp3) is 0.370. The Morgan fingerprint density at radius 3 is 2.28 bits per heavy atom. The van der Waals surface area contributed by atoms with Gasteiger partial charge in [0.2, 0.25) is 0 Å². The van der Waals surface area contributed by atoms with E-state index in [9.17, 15) is 9.59 Å². The average Bonchev–Trinajstić information content (AvgIpc) is 3.37. The smallest absolute Gasteiger partial charge is 0.413 e. The lowest BCUT2D eigenvalue weighted by Crippen LogP contribution is -2.60. The standard InChI is InChI=1S/C27H30BrN3O4S/c1-25(2,3)35-24(33)31-26(4,5)34-16-27(31,6)23(32)29-20-13-9-17(10-14-20)21-15-36-22(30-21)18-7-11-19(28)12-8-18/h7-15H,16H2,1-6H3,(H,29,32). The molecule has 0 bridgehead atoms. The van der Waals surface area contributed by atoms with E-state index in [-0.39, 0.29) is 12.5 Å². The van der Waals surface area contributed by atoms with Crippen LogP contribution < -0.4 is 5.32 Å². The quantitative estimate of drug-likeness (QED) is 0.366. The summed E-state index contributed by atoms with van der Waals surface area (Å²) in [6.45, 7) is 10.6. The number of hydrogen-bond donors (Lipinski definition) is 1. The number of halogens is 1. The van der Waals surface area contributed by atoms with E-state index in [2.05, 4.69) is 21.2 Å². The Balaban J connectivity index is 1.49. The van der Waals surface area contributed by atoms with Gasteiger partial charge in [0.25, 0.3) is 5.91 Å². The molecule has 1 aliphatic rings. The van der Waals surface area contributed by atoms with Crippen LogP contribution in [0.15, 0.2) is 58.4 Å². The maximum atomic E-state index is 13.4. The molecule has 3 aromatic rings. The van der Waals surface area contributed by atoms with Gasteiger partial charge in [-0.05, 0) is 65.8 Å². The summed E-state index contributed by atoms with van der Waals surface area (Å²) in [6.07, 6.45) is -0.594. The van der Waals surface area contributed by atoms with Gasteiger partial charge in [-0.25, -0.2) is 9.78 Å². The van der Waals surface area contributed by atoms with Crippen LogP contribution in [-0.2, 0) is 14.3 Å². The largest absolute Gasteiger partial charge is 0.444 e. The number of nitrogens with one attached hydrogen (secondary N) is 1. The molecule has 1 unspecified atom stereocenters. The predicted molar refractivity (Wildman–Crippen MR) is 146 cm³/mol. The maximum absolute atomic E-state index is 13.4. The van der Waals surface area contributed by atoms with E-state index in [0.29, 0.717) is 5.69 Å². The summed E-state index contributed by atoms with van der Waals surface area (Å²) in [4.78, 5) is 32.5. The minimum absolute atomic E-state index is 0.0564. The highest BCUT2D eigenvalue weighted by atomic mass is 79.9. The van der Waals surface area contributed by atoms with Crippen LogP contribution in [0.4, 0.5) is 10.5 Å². The van der Waals surface area contributed by atoms with Gasteiger partial charge in [-0.1, -0.05) is 40.2 Å². The lowest BCUT2D eigenvalue weighted by Gasteiger charge is -2.39. The van der Waals surface area contributed by atoms with Crippen molar-refractivity contribution in [3.63, 3.8) is 0 Å². The van der Waals surface area contributed by atoms with Crippen molar-refractivity contribution in [3.05, 3.63) is 58.4 Å². The highest BCUT2D eigenvalue weighted by molar-refractivity contribution is 9.10. The number of amides is 2. The maximum Gasteiger partial charge on any atom is 0.413 e. The van der Waals surface area contributed by atoms with E-state index in [4.69, 9.17) is 14.5 Å². The molecule has 190 valence electrons. The first-order valence-electron chi connectivity index (χ1n) is 11.6. The zero-order chi connectivity index (χ0) is 26.3. The summed E-state index contributed by atoms with van der Waals surface area (Å²) in [5, 5.41) is 5.89. The molecule has 1 saturated heterocycles. The van der Waals surface area contributed by atoms with E-state index in [0.717, 1.165) is 26.3 Å². The molecule has 0 saturated carbocycles. The molecule has 9 heteroatoms. The van der Waals surface area contributed by atoms with Gasteiger partial charge in [-0.3, -0.25) is 9.69 Å². The predicted octanol–water partition coefficient (Wildman–Crippen LogP) is 6.94. The number of ether oxygens (including phenoxy) is 2. The molecule has 1 atom stereocenters. The first-order valence-corrected chi connectivity index (χ1v) is 13.3. The number of benzene rings is 2. The second-order valence-corrected chi connectivity index (χ2v) is 12.2. The van der Waals surface area contributed by atoms with Crippen LogP contribution in [0.3, 0.4) is 0 Å². The third-order valence-electron chi connectivity index (χ3n) is 5.84. The number of nitrogens with zero attached hydrogens (tertiary/aromatic N) is 2. The zero-order valence-electron chi connectivity index (χ0n) is 21.2. The molecule has 4 rings (SSSR count). The number of hydrogen-bond acceptors (Lipinski definition) is 6. The molecule has 2 aromatic carbocycles. The van der Waals surface area contributed by atoms with Gasteiger partial charge in [-0.2, -0.15) is 0 Å². The first kappa shape index (κ1) is 26.3. The van der Waals surface area contributed by atoms with E-state index >= 15 is 0 Å². The molecule has 2 amide bonds. The third kappa shape index (κ3) is 5.48. The molecular weight excluding hydrogens is 542 g/mol. The van der Waals surface area contributed by atoms with Crippen LogP contribution in [0.1, 0.15) is 41.5 Å². The Morgan fingerprint density at radius 2 is 1.67 bits per heavy atom. The number of aromatic nitrogens is 1. The Morgan fingerprint density at radius 1 is 1.06 bits per heavy atom. The lowest BCUT2D eigenvalue weighted by atomic mass is 9.99.